The number of fused-ring (bicyclic) bond motifs is 1. The third-order valence-electron chi connectivity index (χ3n) is 7.26. The molecule has 194 valence electrons. The Hall–Kier alpha value is -2.25. The highest BCUT2D eigenvalue weighted by molar-refractivity contribution is 8.03. The summed E-state index contributed by atoms with van der Waals surface area (Å²) in [5.74, 6) is -4.28. The second-order valence-electron chi connectivity index (χ2n) is 9.71. The van der Waals surface area contributed by atoms with Gasteiger partial charge in [0, 0.05) is 54.3 Å². The third kappa shape index (κ3) is 4.77. The van der Waals surface area contributed by atoms with E-state index in [0.29, 0.717) is 31.0 Å². The van der Waals surface area contributed by atoms with E-state index in [-0.39, 0.29) is 34.9 Å². The number of carboxylic acid groups (broad SMARTS) is 1. The minimum atomic E-state index is -3.20. The van der Waals surface area contributed by atoms with E-state index in [4.69, 9.17) is 0 Å². The number of hydrogen-bond donors (Lipinski definition) is 4. The van der Waals surface area contributed by atoms with Gasteiger partial charge >= 0.3 is 12.4 Å². The van der Waals surface area contributed by atoms with Crippen LogP contribution in [0.2, 0.25) is 0 Å². The predicted octanol–water partition coefficient (Wildman–Crippen LogP) is -0.187. The minimum Gasteiger partial charge on any atom is -0.477 e. The summed E-state index contributed by atoms with van der Waals surface area (Å²) >= 11 is 1.36. The number of hydrogen-bond acceptors (Lipinski definition) is 7. The summed E-state index contributed by atoms with van der Waals surface area (Å²) in [5, 5.41) is 18.5. The number of carbonyl (C=O) groups excluding carboxylic acids is 3. The second kappa shape index (κ2) is 10.0. The first-order chi connectivity index (χ1) is 16.5. The van der Waals surface area contributed by atoms with Crippen molar-refractivity contribution in [2.45, 2.75) is 63.0 Å². The molecule has 4 heterocycles. The number of nitrogens with one attached hydrogen (secondary N) is 3. The molecule has 0 saturated carbocycles. The van der Waals surface area contributed by atoms with E-state index in [1.807, 2.05) is 18.7 Å². The lowest BCUT2D eigenvalue weighted by Crippen LogP contribution is -2.66. The molecule has 3 amide bonds. The van der Waals surface area contributed by atoms with Gasteiger partial charge in [-0.3, -0.25) is 14.4 Å². The highest BCUT2D eigenvalue weighted by Crippen LogP contribution is 2.51. The average molecular weight is 516 g/mol. The highest BCUT2D eigenvalue weighted by atomic mass is 32.2. The summed E-state index contributed by atoms with van der Waals surface area (Å²) in [4.78, 5) is 52.9. The monoisotopic (exact) mass is 515 g/mol. The number of amides is 3. The van der Waals surface area contributed by atoms with Crippen LogP contribution in [0.15, 0.2) is 10.6 Å². The first-order valence-corrected chi connectivity index (χ1v) is 12.7. The summed E-state index contributed by atoms with van der Waals surface area (Å²) in [6.45, 7) is 7.86. The summed E-state index contributed by atoms with van der Waals surface area (Å²) in [6.07, 6.45) is -2.66. The molecule has 4 N–H and O–H groups in total. The highest BCUT2D eigenvalue weighted by Gasteiger charge is 2.60. The molecular weight excluding hydrogens is 484 g/mol. The number of piperazine rings is 1. The van der Waals surface area contributed by atoms with E-state index in [9.17, 15) is 33.1 Å². The van der Waals surface area contributed by atoms with Crippen LogP contribution in [0.5, 0.6) is 0 Å². The lowest BCUT2D eigenvalue weighted by molar-refractivity contribution is -0.159. The van der Waals surface area contributed by atoms with Gasteiger partial charge in [0.2, 0.25) is 11.8 Å². The molecule has 13 heteroatoms. The quantitative estimate of drug-likeness (QED) is 0.344. The molecule has 0 spiro atoms. The van der Waals surface area contributed by atoms with Gasteiger partial charge in [0.25, 0.3) is 5.91 Å². The van der Waals surface area contributed by atoms with Crippen molar-refractivity contribution in [1.29, 1.82) is 0 Å². The first kappa shape index (κ1) is 25.8. The number of carboxylic acids is 1. The smallest absolute Gasteiger partial charge is 0.353 e. The molecule has 3 fully saturated rings. The van der Waals surface area contributed by atoms with E-state index < -0.39 is 42.2 Å². The Labute approximate surface area is 206 Å². The van der Waals surface area contributed by atoms with E-state index in [1.54, 1.807) is 0 Å². The van der Waals surface area contributed by atoms with E-state index in [0.717, 1.165) is 6.54 Å². The van der Waals surface area contributed by atoms with Crippen molar-refractivity contribution in [1.82, 2.24) is 25.8 Å². The van der Waals surface area contributed by atoms with Crippen LogP contribution in [0.4, 0.5) is 8.78 Å². The van der Waals surface area contributed by atoms with Crippen LogP contribution in [0.25, 0.3) is 0 Å². The maximum atomic E-state index is 13.0. The fourth-order valence-corrected chi connectivity index (χ4v) is 7.07. The number of rotatable bonds is 7. The molecule has 35 heavy (non-hydrogen) atoms. The maximum absolute atomic E-state index is 13.0. The van der Waals surface area contributed by atoms with Crippen molar-refractivity contribution < 1.29 is 33.1 Å². The zero-order valence-electron chi connectivity index (χ0n) is 19.8. The van der Waals surface area contributed by atoms with E-state index in [1.165, 1.54) is 23.6 Å². The summed E-state index contributed by atoms with van der Waals surface area (Å²) in [6, 6.07) is -1.51. The Morgan fingerprint density at radius 2 is 1.94 bits per heavy atom. The molecule has 3 saturated heterocycles. The lowest BCUT2D eigenvalue weighted by atomic mass is 9.78. The number of halogens is 2. The Bertz CT molecular complexity index is 949. The predicted molar refractivity (Wildman–Crippen MR) is 123 cm³/mol. The molecule has 0 unspecified atom stereocenters. The van der Waals surface area contributed by atoms with Crippen LogP contribution < -0.4 is 16.0 Å². The Morgan fingerprint density at radius 3 is 2.57 bits per heavy atom. The maximum Gasteiger partial charge on any atom is 0.353 e. The standard InChI is InChI=1S/C22H31F2N5O5S/c1-9-8-28(5-4-25-9)20(31)13-6-12(7-26-13)35-17-10(2)15-14(11(3)27-19(30)18(23)24)21(32)29(15)16(17)22(33)34/h9-15,18,25-26H,4-8H2,1-3H3,(H,27,30)(H,33,34)/t9-,10+,11+,12-,13-,14+,15+/m0/s1. The summed E-state index contributed by atoms with van der Waals surface area (Å²) in [7, 11) is 0. The third-order valence-corrected chi connectivity index (χ3v) is 8.77. The van der Waals surface area contributed by atoms with Gasteiger partial charge in [-0.25, -0.2) is 4.79 Å². The van der Waals surface area contributed by atoms with Crippen molar-refractivity contribution in [3.05, 3.63) is 10.6 Å². The molecule has 4 aliphatic heterocycles. The summed E-state index contributed by atoms with van der Waals surface area (Å²) < 4.78 is 25.3. The van der Waals surface area contributed by atoms with Crippen LogP contribution in [0.3, 0.4) is 0 Å². The van der Waals surface area contributed by atoms with Crippen LogP contribution >= 0.6 is 11.8 Å². The Balaban J connectivity index is 1.43. The number of nitrogens with zero attached hydrogens (tertiary/aromatic N) is 2. The molecule has 0 bridgehead atoms. The zero-order valence-corrected chi connectivity index (χ0v) is 20.6. The second-order valence-corrected chi connectivity index (χ2v) is 11.0. The Kier molecular flexibility index (Phi) is 7.39. The number of alkyl halides is 2. The van der Waals surface area contributed by atoms with Crippen molar-refractivity contribution in [3.8, 4) is 0 Å². The van der Waals surface area contributed by atoms with Crippen LogP contribution in [0, 0.1) is 11.8 Å². The molecule has 0 aromatic heterocycles. The van der Waals surface area contributed by atoms with E-state index >= 15 is 0 Å². The molecule has 4 aliphatic rings. The molecular formula is C22H31F2N5O5S. The number of β-lactam (4-membered cyclic amide) rings is 1. The van der Waals surface area contributed by atoms with Crippen LogP contribution in [0.1, 0.15) is 27.2 Å². The molecule has 0 aliphatic carbocycles. The minimum absolute atomic E-state index is 0.0380. The van der Waals surface area contributed by atoms with Gasteiger partial charge in [-0.15, -0.1) is 11.8 Å². The summed E-state index contributed by atoms with van der Waals surface area (Å²) in [5.41, 5.74) is -0.0909. The largest absolute Gasteiger partial charge is 0.477 e. The lowest BCUT2D eigenvalue weighted by Gasteiger charge is -2.47. The molecule has 10 nitrogen and oxygen atoms in total. The topological polar surface area (TPSA) is 131 Å². The van der Waals surface area contributed by atoms with Gasteiger partial charge in [-0.1, -0.05) is 6.92 Å². The fraction of sp³-hybridized carbons (Fsp3) is 0.727. The van der Waals surface area contributed by atoms with Crippen molar-refractivity contribution >= 4 is 35.5 Å². The fourth-order valence-electron chi connectivity index (χ4n) is 5.59. The van der Waals surface area contributed by atoms with Gasteiger partial charge in [0.1, 0.15) is 5.70 Å². The van der Waals surface area contributed by atoms with Crippen LogP contribution in [-0.2, 0) is 19.2 Å². The molecule has 0 aromatic carbocycles. The van der Waals surface area contributed by atoms with Crippen molar-refractivity contribution in [2.24, 2.45) is 11.8 Å². The zero-order chi connectivity index (χ0) is 25.6. The molecule has 0 aromatic rings. The number of carbonyl (C=O) groups is 4. The van der Waals surface area contributed by atoms with Gasteiger partial charge in [-0.2, -0.15) is 8.78 Å². The van der Waals surface area contributed by atoms with Gasteiger partial charge in [0.15, 0.2) is 0 Å². The average Bonchev–Trinajstić information content (AvgIpc) is 3.35. The van der Waals surface area contributed by atoms with Crippen LogP contribution in [-0.4, -0.2) is 101 Å². The number of aliphatic carboxylic acids is 1. The van der Waals surface area contributed by atoms with Crippen molar-refractivity contribution in [3.63, 3.8) is 0 Å². The Morgan fingerprint density at radius 1 is 1.23 bits per heavy atom. The number of thioether (sulfide) groups is 1. The molecule has 7 atom stereocenters. The van der Waals surface area contributed by atoms with Gasteiger partial charge < -0.3 is 30.9 Å². The van der Waals surface area contributed by atoms with E-state index in [2.05, 4.69) is 16.0 Å². The van der Waals surface area contributed by atoms with Gasteiger partial charge in [0.05, 0.1) is 18.0 Å². The molecule has 4 rings (SSSR count). The normalized spacial score (nSPS) is 33.6. The SMILES string of the molecule is C[C@H]1CN(C(=O)[C@@H]2C[C@H](SC3=C(C(=O)O)N4C(=O)[C@H]([C@@H](C)NC(=O)C(F)F)[C@H]4[C@H]3C)CN2)CCN1. The van der Waals surface area contributed by atoms with Gasteiger partial charge in [-0.05, 0) is 20.3 Å². The first-order valence-electron chi connectivity index (χ1n) is 11.8. The van der Waals surface area contributed by atoms with Crippen molar-refractivity contribution in [2.75, 3.05) is 26.2 Å². The molecule has 0 radical (unpaired) electrons.